The summed E-state index contributed by atoms with van der Waals surface area (Å²) in [5.74, 6) is -0.790. The minimum absolute atomic E-state index is 0.101. The molecule has 194 valence electrons. The molecule has 2 N–H and O–H groups in total. The highest BCUT2D eigenvalue weighted by Gasteiger charge is 2.34. The monoisotopic (exact) mass is 521 g/mol. The van der Waals surface area contributed by atoms with Crippen molar-refractivity contribution >= 4 is 19.5 Å². The lowest BCUT2D eigenvalue weighted by atomic mass is 10.1. The summed E-state index contributed by atoms with van der Waals surface area (Å²) in [5, 5.41) is 2.53. The van der Waals surface area contributed by atoms with E-state index in [0.29, 0.717) is 11.1 Å². The quantitative estimate of drug-likeness (QED) is 0.193. The standard InChI is InChI=1S/C23H28N3O9P/c1-14-11-26(23(30)24-21(14)28)12-19-8-9-20(34-19)13-33-36(31,25-15(2)22(29)32-4)35-18-7-5-6-17(10-18)16(3)27/h5-11,15,19-20H,12-13H2,1-4H3,(H,25,31)(H,24,28,30). The van der Waals surface area contributed by atoms with Crippen LogP contribution in [0, 0.1) is 6.92 Å². The van der Waals surface area contributed by atoms with E-state index in [1.807, 2.05) is 0 Å². The van der Waals surface area contributed by atoms with E-state index in [0.717, 1.165) is 0 Å². The number of carbonyl (C=O) groups excluding carboxylic acids is 2. The Morgan fingerprint density at radius 1 is 1.25 bits per heavy atom. The average molecular weight is 521 g/mol. The summed E-state index contributed by atoms with van der Waals surface area (Å²) in [6.07, 6.45) is 3.70. The molecule has 2 aromatic rings. The molecule has 1 aliphatic heterocycles. The first-order valence-electron chi connectivity index (χ1n) is 11.0. The van der Waals surface area contributed by atoms with Crippen LogP contribution in [0.25, 0.3) is 0 Å². The normalized spacial score (nSPS) is 19.4. The van der Waals surface area contributed by atoms with E-state index in [-0.39, 0.29) is 24.7 Å². The van der Waals surface area contributed by atoms with E-state index >= 15 is 0 Å². The summed E-state index contributed by atoms with van der Waals surface area (Å²) in [6.45, 7) is 4.34. The minimum Gasteiger partial charge on any atom is -0.468 e. The Kier molecular flexibility index (Phi) is 8.80. The Balaban J connectivity index is 1.69. The van der Waals surface area contributed by atoms with Crippen LogP contribution < -0.4 is 20.9 Å². The van der Waals surface area contributed by atoms with Crippen LogP contribution in [0.5, 0.6) is 5.75 Å². The first-order valence-corrected chi connectivity index (χ1v) is 12.6. The molecule has 0 fully saturated rings. The van der Waals surface area contributed by atoms with Gasteiger partial charge in [-0.2, -0.15) is 5.09 Å². The van der Waals surface area contributed by atoms with Gasteiger partial charge in [0.1, 0.15) is 17.9 Å². The number of nitrogens with one attached hydrogen (secondary N) is 2. The maximum Gasteiger partial charge on any atom is 0.459 e. The molecule has 3 rings (SSSR count). The molecule has 1 aromatic carbocycles. The van der Waals surface area contributed by atoms with Crippen molar-refractivity contribution in [2.24, 2.45) is 0 Å². The topological polar surface area (TPSA) is 155 Å². The lowest BCUT2D eigenvalue weighted by Crippen LogP contribution is -2.35. The third kappa shape index (κ3) is 7.11. The maximum atomic E-state index is 13.5. The van der Waals surface area contributed by atoms with Gasteiger partial charge in [-0.05, 0) is 32.9 Å². The van der Waals surface area contributed by atoms with Gasteiger partial charge in [-0.25, -0.2) is 9.36 Å². The van der Waals surface area contributed by atoms with Crippen molar-refractivity contribution in [2.45, 2.75) is 45.6 Å². The Hall–Kier alpha value is -3.31. The van der Waals surface area contributed by atoms with Crippen LogP contribution in [0.2, 0.25) is 0 Å². The second-order valence-electron chi connectivity index (χ2n) is 8.16. The molecule has 0 spiro atoms. The van der Waals surface area contributed by atoms with Crippen LogP contribution in [-0.2, 0) is 29.9 Å². The van der Waals surface area contributed by atoms with Crippen molar-refractivity contribution in [1.82, 2.24) is 14.6 Å². The molecule has 2 heterocycles. The average Bonchev–Trinajstić information content (AvgIpc) is 3.28. The van der Waals surface area contributed by atoms with Crippen LogP contribution in [0.1, 0.15) is 29.8 Å². The highest BCUT2D eigenvalue weighted by molar-refractivity contribution is 7.52. The summed E-state index contributed by atoms with van der Waals surface area (Å²) >= 11 is 0. The van der Waals surface area contributed by atoms with Crippen molar-refractivity contribution in [1.29, 1.82) is 0 Å². The van der Waals surface area contributed by atoms with E-state index in [1.54, 1.807) is 31.2 Å². The molecule has 0 radical (unpaired) electrons. The second-order valence-corrected chi connectivity index (χ2v) is 9.86. The van der Waals surface area contributed by atoms with Crippen molar-refractivity contribution in [3.8, 4) is 5.75 Å². The number of ketones is 1. The molecular weight excluding hydrogens is 493 g/mol. The number of nitrogens with zero attached hydrogens (tertiary/aromatic N) is 1. The van der Waals surface area contributed by atoms with Crippen molar-refractivity contribution in [3.05, 3.63) is 74.6 Å². The Morgan fingerprint density at radius 2 is 1.97 bits per heavy atom. The van der Waals surface area contributed by atoms with Gasteiger partial charge in [-0.3, -0.25) is 28.5 Å². The minimum atomic E-state index is -4.14. The van der Waals surface area contributed by atoms with Gasteiger partial charge >= 0.3 is 19.4 Å². The fraction of sp³-hybridized carbons (Fsp3) is 0.391. The van der Waals surface area contributed by atoms with Gasteiger partial charge in [0.05, 0.1) is 26.4 Å². The van der Waals surface area contributed by atoms with Crippen molar-refractivity contribution in [3.63, 3.8) is 0 Å². The predicted molar refractivity (Wildman–Crippen MR) is 129 cm³/mol. The number of carbonyl (C=O) groups is 2. The van der Waals surface area contributed by atoms with E-state index in [9.17, 15) is 23.7 Å². The number of ether oxygens (including phenoxy) is 2. The van der Waals surface area contributed by atoms with E-state index in [4.69, 9.17) is 13.8 Å². The molecule has 36 heavy (non-hydrogen) atoms. The fourth-order valence-corrected chi connectivity index (χ4v) is 4.84. The number of aryl methyl sites for hydroxylation is 1. The van der Waals surface area contributed by atoms with Gasteiger partial charge in [-0.15, -0.1) is 0 Å². The summed E-state index contributed by atoms with van der Waals surface area (Å²) in [7, 11) is -2.95. The van der Waals surface area contributed by atoms with Gasteiger partial charge in [0.25, 0.3) is 5.56 Å². The molecule has 0 bridgehead atoms. The molecule has 4 unspecified atom stereocenters. The zero-order valence-corrected chi connectivity index (χ0v) is 21.2. The number of Topliss-reactive ketones (excluding diaryl/α,β-unsaturated/α-hetero) is 1. The summed E-state index contributed by atoms with van der Waals surface area (Å²) < 4.78 is 36.5. The van der Waals surface area contributed by atoms with E-state index in [1.165, 1.54) is 43.9 Å². The molecule has 0 aliphatic carbocycles. The predicted octanol–water partition coefficient (Wildman–Crippen LogP) is 1.73. The summed E-state index contributed by atoms with van der Waals surface area (Å²) in [5.41, 5.74) is -0.287. The molecule has 0 saturated heterocycles. The van der Waals surface area contributed by atoms with Gasteiger partial charge in [-0.1, -0.05) is 24.3 Å². The molecule has 4 atom stereocenters. The first-order chi connectivity index (χ1) is 17.0. The second kappa shape index (κ2) is 11.6. The number of aromatic amines is 1. The Labute approximate surface area is 206 Å². The molecule has 1 aliphatic rings. The highest BCUT2D eigenvalue weighted by atomic mass is 31.2. The number of hydrogen-bond donors (Lipinski definition) is 2. The van der Waals surface area contributed by atoms with E-state index < -0.39 is 43.2 Å². The Morgan fingerprint density at radius 3 is 2.67 bits per heavy atom. The number of H-pyrrole nitrogens is 1. The number of benzene rings is 1. The van der Waals surface area contributed by atoms with Crippen LogP contribution in [-0.4, -0.2) is 53.3 Å². The zero-order chi connectivity index (χ0) is 26.5. The fourth-order valence-electron chi connectivity index (χ4n) is 3.35. The lowest BCUT2D eigenvalue weighted by Gasteiger charge is -2.24. The first kappa shape index (κ1) is 27.3. The molecule has 13 heteroatoms. The van der Waals surface area contributed by atoms with Gasteiger partial charge in [0.2, 0.25) is 0 Å². The van der Waals surface area contributed by atoms with Crippen LogP contribution >= 0.6 is 7.75 Å². The van der Waals surface area contributed by atoms with Crippen LogP contribution in [0.3, 0.4) is 0 Å². The number of methoxy groups -OCH3 is 1. The molecule has 12 nitrogen and oxygen atoms in total. The maximum absolute atomic E-state index is 13.5. The largest absolute Gasteiger partial charge is 0.468 e. The summed E-state index contributed by atoms with van der Waals surface area (Å²) in [6, 6.07) is 5.03. The summed E-state index contributed by atoms with van der Waals surface area (Å²) in [4.78, 5) is 49.4. The third-order valence-corrected chi connectivity index (χ3v) is 6.88. The highest BCUT2D eigenvalue weighted by Crippen LogP contribution is 2.45. The zero-order valence-electron chi connectivity index (χ0n) is 20.3. The molecule has 0 saturated carbocycles. The molecule has 0 amide bonds. The van der Waals surface area contributed by atoms with Crippen LogP contribution in [0.15, 0.2) is 52.2 Å². The van der Waals surface area contributed by atoms with Gasteiger partial charge in [0, 0.05) is 17.3 Å². The van der Waals surface area contributed by atoms with Gasteiger partial charge < -0.3 is 14.0 Å². The van der Waals surface area contributed by atoms with E-state index in [2.05, 4.69) is 14.8 Å². The Bertz CT molecular complexity index is 1320. The number of esters is 1. The third-order valence-electron chi connectivity index (χ3n) is 5.24. The number of hydrogen-bond acceptors (Lipinski definition) is 9. The van der Waals surface area contributed by atoms with Crippen molar-refractivity contribution in [2.75, 3.05) is 13.7 Å². The SMILES string of the molecule is COC(=O)C(C)NP(=O)(OCC1C=CC(Cn2cc(C)c(=O)[nH]c2=O)O1)Oc1cccc(C(C)=O)c1. The number of aromatic nitrogens is 2. The number of rotatable bonds is 11. The lowest BCUT2D eigenvalue weighted by molar-refractivity contribution is -0.142. The van der Waals surface area contributed by atoms with Gasteiger partial charge in [0.15, 0.2) is 5.78 Å². The smallest absolute Gasteiger partial charge is 0.459 e. The van der Waals surface area contributed by atoms with Crippen molar-refractivity contribution < 1.29 is 32.7 Å². The molecular formula is C23H28N3O9P. The molecule has 1 aromatic heterocycles. The van der Waals surface area contributed by atoms with Crippen LogP contribution in [0.4, 0.5) is 0 Å².